The molecule has 3 fully saturated rings. The van der Waals surface area contributed by atoms with Crippen molar-refractivity contribution in [3.8, 4) is 5.75 Å². The third-order valence-electron chi connectivity index (χ3n) is 8.06. The van der Waals surface area contributed by atoms with E-state index in [1.165, 1.54) is 16.7 Å². The lowest BCUT2D eigenvalue weighted by atomic mass is 9.80. The molecule has 2 bridgehead atoms. The van der Waals surface area contributed by atoms with E-state index in [0.717, 1.165) is 57.1 Å². The Labute approximate surface area is 197 Å². The zero-order chi connectivity index (χ0) is 23.2. The number of carbonyl (C=O) groups is 1. The molecule has 0 radical (unpaired) electrons. The van der Waals surface area contributed by atoms with E-state index in [2.05, 4.69) is 24.6 Å². The van der Waals surface area contributed by atoms with Crippen molar-refractivity contribution in [2.75, 3.05) is 19.8 Å². The first-order valence-electron chi connectivity index (χ1n) is 12.5. The molecular weight excluding hydrogens is 440 g/mol. The van der Waals surface area contributed by atoms with Gasteiger partial charge in [-0.25, -0.2) is 13.1 Å². The number of carbonyl (C=O) groups excluding carboxylic acids is 1. The third-order valence-corrected chi connectivity index (χ3v) is 10.0. The predicted molar refractivity (Wildman–Crippen MR) is 126 cm³/mol. The summed E-state index contributed by atoms with van der Waals surface area (Å²) < 4.78 is 40.8. The Kier molecular flexibility index (Phi) is 6.44. The normalized spacial score (nSPS) is 31.0. The Bertz CT molecular complexity index is 998. The average Bonchev–Trinajstić information content (AvgIpc) is 3.65. The van der Waals surface area contributed by atoms with Crippen molar-refractivity contribution in [3.05, 3.63) is 28.8 Å². The van der Waals surface area contributed by atoms with Gasteiger partial charge < -0.3 is 14.4 Å². The molecule has 0 spiro atoms. The van der Waals surface area contributed by atoms with E-state index in [4.69, 9.17) is 9.47 Å². The van der Waals surface area contributed by atoms with Gasteiger partial charge in [-0.15, -0.1) is 0 Å². The summed E-state index contributed by atoms with van der Waals surface area (Å²) in [7, 11) is -3.35. The molecular formula is C25H36N2O5S. The number of rotatable bonds is 3. The molecule has 2 atom stereocenters. The molecule has 8 heteroatoms. The number of piperidine rings is 1. The minimum atomic E-state index is -3.35. The van der Waals surface area contributed by atoms with Crippen molar-refractivity contribution >= 4 is 15.9 Å². The molecule has 3 aliphatic heterocycles. The van der Waals surface area contributed by atoms with Crippen LogP contribution in [0.25, 0.3) is 0 Å². The number of hydrogen-bond donors (Lipinski definition) is 1. The monoisotopic (exact) mass is 476 g/mol. The number of benzene rings is 1. The number of aryl methyl sites for hydroxylation is 1. The first-order chi connectivity index (χ1) is 15.8. The molecule has 1 aromatic carbocycles. The number of ether oxygens (including phenoxy) is 2. The first kappa shape index (κ1) is 23.1. The number of sulfonamides is 1. The Morgan fingerprint density at radius 1 is 1.03 bits per heavy atom. The highest BCUT2D eigenvalue weighted by molar-refractivity contribution is 7.90. The van der Waals surface area contributed by atoms with Crippen LogP contribution in [0, 0.1) is 13.8 Å². The van der Waals surface area contributed by atoms with Gasteiger partial charge in [0.05, 0.1) is 24.0 Å². The summed E-state index contributed by atoms with van der Waals surface area (Å²) in [5.74, 6) is 1.13. The molecule has 1 N–H and O–H groups in total. The lowest BCUT2D eigenvalue weighted by Crippen LogP contribution is -2.60. The predicted octanol–water partition coefficient (Wildman–Crippen LogP) is 3.18. The number of nitrogens with zero attached hydrogens (tertiary/aromatic N) is 1. The third kappa shape index (κ3) is 4.80. The molecule has 7 nitrogen and oxygen atoms in total. The lowest BCUT2D eigenvalue weighted by Gasteiger charge is -2.42. The Morgan fingerprint density at radius 2 is 1.79 bits per heavy atom. The van der Waals surface area contributed by atoms with Gasteiger partial charge >= 0.3 is 0 Å². The van der Waals surface area contributed by atoms with Crippen LogP contribution in [-0.2, 0) is 19.6 Å². The zero-order valence-corrected chi connectivity index (χ0v) is 20.5. The number of hydrogen-bond acceptors (Lipinski definition) is 5. The lowest BCUT2D eigenvalue weighted by molar-refractivity contribution is -0.140. The molecule has 5 aliphatic rings. The Balaban J connectivity index is 1.43. The van der Waals surface area contributed by atoms with Crippen LogP contribution in [0.5, 0.6) is 5.75 Å². The van der Waals surface area contributed by atoms with Gasteiger partial charge in [0, 0.05) is 18.2 Å². The SMILES string of the molecule is Cc1ccc2c(c1C)C1CCC(CC1)OC[C@H]1[C@@H](NS(=O)(=O)C3CC3)CCCN1C(=O)CO2. The van der Waals surface area contributed by atoms with E-state index in [1.54, 1.807) is 4.90 Å². The fourth-order valence-corrected chi connectivity index (χ4v) is 7.46. The quantitative estimate of drug-likeness (QED) is 0.724. The van der Waals surface area contributed by atoms with E-state index < -0.39 is 10.0 Å². The van der Waals surface area contributed by atoms with E-state index >= 15 is 0 Å². The molecule has 0 unspecified atom stereocenters. The molecule has 3 heterocycles. The smallest absolute Gasteiger partial charge is 0.260 e. The fraction of sp³-hybridized carbons (Fsp3) is 0.720. The summed E-state index contributed by atoms with van der Waals surface area (Å²) in [6.45, 7) is 5.20. The molecule has 1 aromatic rings. The van der Waals surface area contributed by atoms with Crippen LogP contribution < -0.4 is 9.46 Å². The van der Waals surface area contributed by atoms with Crippen LogP contribution in [-0.4, -0.2) is 62.4 Å². The van der Waals surface area contributed by atoms with Crippen LogP contribution in [0.3, 0.4) is 0 Å². The maximum absolute atomic E-state index is 13.3. The van der Waals surface area contributed by atoms with Gasteiger partial charge in [-0.2, -0.15) is 0 Å². The van der Waals surface area contributed by atoms with Crippen LogP contribution in [0.4, 0.5) is 0 Å². The van der Waals surface area contributed by atoms with E-state index in [1.807, 2.05) is 6.07 Å². The topological polar surface area (TPSA) is 84.9 Å². The van der Waals surface area contributed by atoms with Gasteiger partial charge in [0.2, 0.25) is 10.0 Å². The van der Waals surface area contributed by atoms with Crippen molar-refractivity contribution in [1.82, 2.24) is 9.62 Å². The summed E-state index contributed by atoms with van der Waals surface area (Å²) in [4.78, 5) is 15.1. The molecule has 2 aliphatic carbocycles. The van der Waals surface area contributed by atoms with Crippen molar-refractivity contribution in [1.29, 1.82) is 0 Å². The van der Waals surface area contributed by atoms with Gasteiger partial charge in [0.25, 0.3) is 5.91 Å². The summed E-state index contributed by atoms with van der Waals surface area (Å²) in [6, 6.07) is 3.46. The van der Waals surface area contributed by atoms with Crippen molar-refractivity contribution in [2.45, 2.75) is 94.6 Å². The molecule has 33 heavy (non-hydrogen) atoms. The summed E-state index contributed by atoms with van der Waals surface area (Å²) >= 11 is 0. The van der Waals surface area contributed by atoms with Gasteiger partial charge in [-0.1, -0.05) is 6.07 Å². The average molecular weight is 477 g/mol. The second-order valence-corrected chi connectivity index (χ2v) is 12.3. The van der Waals surface area contributed by atoms with Crippen molar-refractivity contribution < 1.29 is 22.7 Å². The fourth-order valence-electron chi connectivity index (χ4n) is 5.82. The minimum absolute atomic E-state index is 0.0375. The van der Waals surface area contributed by atoms with Crippen LogP contribution in [0.15, 0.2) is 12.1 Å². The number of fused-ring (bicyclic) bond motifs is 5. The van der Waals surface area contributed by atoms with Gasteiger partial charge in [0.15, 0.2) is 6.61 Å². The largest absolute Gasteiger partial charge is 0.483 e. The standard InChI is InChI=1S/C25H36N2O5S/c1-16-5-12-23-25(17(16)2)18-6-8-19(9-7-18)31-14-22-21(26-33(29,30)20-10-11-20)4-3-13-27(22)24(28)15-32-23/h5,12,18-22,26H,3-4,6-11,13-15H2,1-2H3/t18?,19?,21-,22-/m0/s1. The maximum Gasteiger partial charge on any atom is 0.260 e. The molecule has 182 valence electrons. The van der Waals surface area contributed by atoms with Gasteiger partial charge in [-0.05, 0) is 88.3 Å². The van der Waals surface area contributed by atoms with E-state index in [9.17, 15) is 13.2 Å². The van der Waals surface area contributed by atoms with Gasteiger partial charge in [-0.3, -0.25) is 4.79 Å². The summed E-state index contributed by atoms with van der Waals surface area (Å²) in [6.07, 6.45) is 7.09. The van der Waals surface area contributed by atoms with E-state index in [0.29, 0.717) is 19.1 Å². The van der Waals surface area contributed by atoms with Crippen LogP contribution >= 0.6 is 0 Å². The highest BCUT2D eigenvalue weighted by Crippen LogP contribution is 2.41. The Hall–Kier alpha value is -1.64. The second kappa shape index (κ2) is 9.19. The first-order valence-corrected chi connectivity index (χ1v) is 14.0. The molecule has 6 rings (SSSR count). The molecule has 1 saturated heterocycles. The van der Waals surface area contributed by atoms with Gasteiger partial charge in [0.1, 0.15) is 5.75 Å². The maximum atomic E-state index is 13.3. The second-order valence-electron chi connectivity index (χ2n) is 10.3. The highest BCUT2D eigenvalue weighted by Gasteiger charge is 2.42. The van der Waals surface area contributed by atoms with Crippen LogP contribution in [0.2, 0.25) is 0 Å². The van der Waals surface area contributed by atoms with Crippen LogP contribution in [0.1, 0.15) is 74.0 Å². The minimum Gasteiger partial charge on any atom is -0.483 e. The number of nitrogens with one attached hydrogen (secondary N) is 1. The number of amides is 1. The van der Waals surface area contributed by atoms with Crippen molar-refractivity contribution in [2.24, 2.45) is 0 Å². The summed E-state index contributed by atoms with van der Waals surface area (Å²) in [5.41, 5.74) is 3.74. The zero-order valence-electron chi connectivity index (χ0n) is 19.7. The summed E-state index contributed by atoms with van der Waals surface area (Å²) in [5, 5.41) is -0.277. The molecule has 1 amide bonds. The Morgan fingerprint density at radius 3 is 2.52 bits per heavy atom. The molecule has 2 saturated carbocycles. The molecule has 0 aromatic heterocycles. The van der Waals surface area contributed by atoms with Crippen molar-refractivity contribution in [3.63, 3.8) is 0 Å². The van der Waals surface area contributed by atoms with E-state index in [-0.39, 0.29) is 36.0 Å². The highest BCUT2D eigenvalue weighted by atomic mass is 32.2.